The SMILES string of the molecule is N#CCCCCC1CCCN1. The van der Waals surface area contributed by atoms with Gasteiger partial charge in [-0.3, -0.25) is 0 Å². The van der Waals surface area contributed by atoms with Gasteiger partial charge in [0.1, 0.15) is 0 Å². The number of nitrogens with zero attached hydrogens (tertiary/aromatic N) is 1. The molecular weight excluding hydrogens is 136 g/mol. The van der Waals surface area contributed by atoms with Gasteiger partial charge in [0.25, 0.3) is 0 Å². The molecule has 0 bridgehead atoms. The Balaban J connectivity index is 1.90. The Hall–Kier alpha value is -0.550. The molecule has 11 heavy (non-hydrogen) atoms. The molecule has 0 aliphatic carbocycles. The van der Waals surface area contributed by atoms with E-state index in [0.29, 0.717) is 0 Å². The third kappa shape index (κ3) is 3.38. The van der Waals surface area contributed by atoms with Gasteiger partial charge in [-0.2, -0.15) is 5.26 Å². The molecule has 1 unspecified atom stereocenters. The smallest absolute Gasteiger partial charge is 0.0621 e. The van der Waals surface area contributed by atoms with Crippen molar-refractivity contribution >= 4 is 0 Å². The quantitative estimate of drug-likeness (QED) is 0.624. The number of unbranched alkanes of at least 4 members (excludes halogenated alkanes) is 2. The molecule has 1 fully saturated rings. The minimum atomic E-state index is 0.729. The summed E-state index contributed by atoms with van der Waals surface area (Å²) in [4.78, 5) is 0. The van der Waals surface area contributed by atoms with Gasteiger partial charge >= 0.3 is 0 Å². The predicted molar refractivity (Wildman–Crippen MR) is 45.1 cm³/mol. The summed E-state index contributed by atoms with van der Waals surface area (Å²) in [6, 6.07) is 2.93. The van der Waals surface area contributed by atoms with Gasteiger partial charge in [-0.05, 0) is 32.2 Å². The van der Waals surface area contributed by atoms with E-state index in [-0.39, 0.29) is 0 Å². The molecule has 1 aliphatic rings. The maximum Gasteiger partial charge on any atom is 0.0621 e. The van der Waals surface area contributed by atoms with Gasteiger partial charge < -0.3 is 5.32 Å². The summed E-state index contributed by atoms with van der Waals surface area (Å²) < 4.78 is 0. The number of nitrogens with one attached hydrogen (secondary N) is 1. The van der Waals surface area contributed by atoms with Gasteiger partial charge in [0.05, 0.1) is 6.07 Å². The molecule has 1 N–H and O–H groups in total. The van der Waals surface area contributed by atoms with Crippen LogP contribution in [0.3, 0.4) is 0 Å². The molecule has 0 saturated carbocycles. The highest BCUT2D eigenvalue weighted by atomic mass is 14.9. The minimum absolute atomic E-state index is 0.729. The van der Waals surface area contributed by atoms with Gasteiger partial charge in [0, 0.05) is 12.5 Å². The van der Waals surface area contributed by atoms with Gasteiger partial charge in [-0.15, -0.1) is 0 Å². The summed E-state index contributed by atoms with van der Waals surface area (Å²) >= 11 is 0. The molecule has 62 valence electrons. The number of hydrogen-bond donors (Lipinski definition) is 1. The lowest BCUT2D eigenvalue weighted by molar-refractivity contribution is 0.525. The predicted octanol–water partition coefficient (Wildman–Crippen LogP) is 1.82. The molecule has 0 radical (unpaired) electrons. The van der Waals surface area contributed by atoms with Gasteiger partial charge in [-0.1, -0.05) is 6.42 Å². The van der Waals surface area contributed by atoms with E-state index in [1.54, 1.807) is 0 Å². The molecule has 2 nitrogen and oxygen atoms in total. The van der Waals surface area contributed by atoms with Crippen LogP contribution in [0.1, 0.15) is 38.5 Å². The highest BCUT2D eigenvalue weighted by Crippen LogP contribution is 2.12. The van der Waals surface area contributed by atoms with Crippen molar-refractivity contribution in [1.29, 1.82) is 5.26 Å². The zero-order valence-corrected chi connectivity index (χ0v) is 6.97. The first-order chi connectivity index (χ1) is 5.43. The summed E-state index contributed by atoms with van der Waals surface area (Å²) in [5, 5.41) is 11.7. The number of hydrogen-bond acceptors (Lipinski definition) is 2. The van der Waals surface area contributed by atoms with Gasteiger partial charge in [-0.25, -0.2) is 0 Å². The second-order valence-electron chi connectivity index (χ2n) is 3.20. The largest absolute Gasteiger partial charge is 0.314 e. The van der Waals surface area contributed by atoms with Gasteiger partial charge in [0.15, 0.2) is 0 Å². The van der Waals surface area contributed by atoms with E-state index in [1.165, 1.54) is 32.2 Å². The molecule has 1 aliphatic heterocycles. The Bertz CT molecular complexity index is 131. The molecule has 1 atom stereocenters. The number of rotatable bonds is 4. The maximum absolute atomic E-state index is 8.29. The first kappa shape index (κ1) is 8.55. The lowest BCUT2D eigenvalue weighted by Crippen LogP contribution is -2.20. The van der Waals surface area contributed by atoms with Crippen LogP contribution in [0.5, 0.6) is 0 Å². The van der Waals surface area contributed by atoms with Gasteiger partial charge in [0.2, 0.25) is 0 Å². The van der Waals surface area contributed by atoms with Crippen LogP contribution in [0.15, 0.2) is 0 Å². The first-order valence-corrected chi connectivity index (χ1v) is 4.54. The molecule has 0 spiro atoms. The average Bonchev–Trinajstić information content (AvgIpc) is 2.50. The molecule has 1 heterocycles. The van der Waals surface area contributed by atoms with E-state index < -0.39 is 0 Å². The fourth-order valence-corrected chi connectivity index (χ4v) is 1.60. The third-order valence-corrected chi connectivity index (χ3v) is 2.25. The molecule has 1 saturated heterocycles. The van der Waals surface area contributed by atoms with Crippen molar-refractivity contribution in [1.82, 2.24) is 5.32 Å². The normalized spacial score (nSPS) is 23.4. The highest BCUT2D eigenvalue weighted by Gasteiger charge is 2.12. The van der Waals surface area contributed by atoms with Crippen LogP contribution in [0, 0.1) is 11.3 Å². The topological polar surface area (TPSA) is 35.8 Å². The molecule has 0 aromatic rings. The fraction of sp³-hybridized carbons (Fsp3) is 0.889. The lowest BCUT2D eigenvalue weighted by Gasteiger charge is -2.07. The Kier molecular flexibility index (Phi) is 4.00. The zero-order valence-electron chi connectivity index (χ0n) is 6.97. The first-order valence-electron chi connectivity index (χ1n) is 4.54. The van der Waals surface area contributed by atoms with Crippen molar-refractivity contribution < 1.29 is 0 Å². The maximum atomic E-state index is 8.29. The molecular formula is C9H16N2. The molecule has 2 heteroatoms. The van der Waals surface area contributed by atoms with Crippen molar-refractivity contribution in [3.63, 3.8) is 0 Å². The van der Waals surface area contributed by atoms with Crippen molar-refractivity contribution in [3.05, 3.63) is 0 Å². The standard InChI is InChI=1S/C9H16N2/c10-7-3-1-2-5-9-6-4-8-11-9/h9,11H,1-6,8H2. The summed E-state index contributed by atoms with van der Waals surface area (Å²) in [6.07, 6.45) is 6.96. The van der Waals surface area contributed by atoms with Crippen LogP contribution in [0.25, 0.3) is 0 Å². The Morgan fingerprint density at radius 2 is 2.36 bits per heavy atom. The Morgan fingerprint density at radius 1 is 1.45 bits per heavy atom. The van der Waals surface area contributed by atoms with Crippen LogP contribution in [-0.4, -0.2) is 12.6 Å². The van der Waals surface area contributed by atoms with Crippen molar-refractivity contribution in [2.24, 2.45) is 0 Å². The van der Waals surface area contributed by atoms with E-state index in [1.807, 2.05) is 0 Å². The van der Waals surface area contributed by atoms with E-state index in [9.17, 15) is 0 Å². The monoisotopic (exact) mass is 152 g/mol. The average molecular weight is 152 g/mol. The molecule has 0 amide bonds. The molecule has 0 aromatic heterocycles. The van der Waals surface area contributed by atoms with Crippen LogP contribution in [-0.2, 0) is 0 Å². The van der Waals surface area contributed by atoms with Crippen molar-refractivity contribution in [3.8, 4) is 6.07 Å². The van der Waals surface area contributed by atoms with E-state index in [0.717, 1.165) is 18.9 Å². The highest BCUT2D eigenvalue weighted by molar-refractivity contribution is 4.75. The number of nitriles is 1. The van der Waals surface area contributed by atoms with E-state index in [2.05, 4.69) is 11.4 Å². The Labute approximate surface area is 68.6 Å². The third-order valence-electron chi connectivity index (χ3n) is 2.25. The lowest BCUT2D eigenvalue weighted by atomic mass is 10.1. The summed E-state index contributed by atoms with van der Waals surface area (Å²) in [5.41, 5.74) is 0. The fourth-order valence-electron chi connectivity index (χ4n) is 1.60. The van der Waals surface area contributed by atoms with E-state index >= 15 is 0 Å². The van der Waals surface area contributed by atoms with Crippen LogP contribution in [0.2, 0.25) is 0 Å². The zero-order chi connectivity index (χ0) is 7.94. The van der Waals surface area contributed by atoms with Crippen LogP contribution < -0.4 is 5.32 Å². The summed E-state index contributed by atoms with van der Waals surface area (Å²) in [5.74, 6) is 0. The van der Waals surface area contributed by atoms with E-state index in [4.69, 9.17) is 5.26 Å². The summed E-state index contributed by atoms with van der Waals surface area (Å²) in [7, 11) is 0. The van der Waals surface area contributed by atoms with Crippen LogP contribution in [0.4, 0.5) is 0 Å². The molecule has 0 aromatic carbocycles. The Morgan fingerprint density at radius 3 is 3.00 bits per heavy atom. The second-order valence-corrected chi connectivity index (χ2v) is 3.20. The minimum Gasteiger partial charge on any atom is -0.314 e. The second kappa shape index (κ2) is 5.15. The van der Waals surface area contributed by atoms with Crippen molar-refractivity contribution in [2.45, 2.75) is 44.6 Å². The van der Waals surface area contributed by atoms with Crippen molar-refractivity contribution in [2.75, 3.05) is 6.54 Å². The van der Waals surface area contributed by atoms with Crippen LogP contribution >= 0.6 is 0 Å². The summed E-state index contributed by atoms with van der Waals surface area (Å²) in [6.45, 7) is 1.20. The molecule has 1 rings (SSSR count).